The second-order valence-corrected chi connectivity index (χ2v) is 8.64. The van der Waals surface area contributed by atoms with E-state index < -0.39 is 0 Å². The number of ether oxygens (including phenoxy) is 1. The number of aliphatic imine (C=N–C) groups is 1. The van der Waals surface area contributed by atoms with Crippen molar-refractivity contribution in [2.75, 3.05) is 32.6 Å². The summed E-state index contributed by atoms with van der Waals surface area (Å²) in [6.07, 6.45) is 2.39. The molecule has 2 aromatic carbocycles. The number of hydrogen-bond acceptors (Lipinski definition) is 4. The van der Waals surface area contributed by atoms with Crippen molar-refractivity contribution < 1.29 is 14.3 Å². The number of anilines is 1. The van der Waals surface area contributed by atoms with Gasteiger partial charge in [0.15, 0.2) is 0 Å². The third-order valence-electron chi connectivity index (χ3n) is 6.23. The quantitative estimate of drug-likeness (QED) is 0.660. The van der Waals surface area contributed by atoms with Gasteiger partial charge in [-0.3, -0.25) is 14.6 Å². The molecule has 0 bridgehead atoms. The predicted molar refractivity (Wildman–Crippen MR) is 126 cm³/mol. The number of benzene rings is 2. The van der Waals surface area contributed by atoms with E-state index in [1.807, 2.05) is 30.3 Å². The highest BCUT2D eigenvalue weighted by atomic mass is 35.5. The van der Waals surface area contributed by atoms with Gasteiger partial charge in [0, 0.05) is 43.4 Å². The molecule has 4 rings (SSSR count). The Morgan fingerprint density at radius 3 is 2.44 bits per heavy atom. The number of amidine groups is 1. The topological polar surface area (TPSA) is 91.8 Å². The molecule has 0 saturated carbocycles. The molecule has 1 fully saturated rings. The van der Waals surface area contributed by atoms with E-state index in [0.717, 1.165) is 41.9 Å². The molecular formula is C24H27ClN4O3. The van der Waals surface area contributed by atoms with Crippen LogP contribution in [0.3, 0.4) is 0 Å². The minimum Gasteiger partial charge on any atom is -0.381 e. The molecule has 2 aliphatic heterocycles. The Hall–Kier alpha value is -2.90. The summed E-state index contributed by atoms with van der Waals surface area (Å²) in [4.78, 5) is 29.9. The summed E-state index contributed by atoms with van der Waals surface area (Å²) in [5, 5.41) is 9.44. The highest BCUT2D eigenvalue weighted by Gasteiger charge is 2.42. The van der Waals surface area contributed by atoms with Crippen LogP contribution in [-0.2, 0) is 17.7 Å². The first-order chi connectivity index (χ1) is 15.5. The van der Waals surface area contributed by atoms with E-state index >= 15 is 0 Å². The van der Waals surface area contributed by atoms with Crippen molar-refractivity contribution in [3.8, 4) is 0 Å². The third kappa shape index (κ3) is 4.36. The average molecular weight is 455 g/mol. The maximum atomic E-state index is 12.5. The van der Waals surface area contributed by atoms with Crippen LogP contribution in [0.5, 0.6) is 0 Å². The van der Waals surface area contributed by atoms with E-state index in [1.165, 1.54) is 0 Å². The molecule has 3 N–H and O–H groups in total. The first kappa shape index (κ1) is 22.3. The van der Waals surface area contributed by atoms with Crippen LogP contribution in [0.25, 0.3) is 0 Å². The number of nitrogens with one attached hydrogen (secondary N) is 3. The first-order valence-electron chi connectivity index (χ1n) is 10.7. The van der Waals surface area contributed by atoms with E-state index in [4.69, 9.17) is 21.3 Å². The lowest BCUT2D eigenvalue weighted by atomic mass is 9.71. The van der Waals surface area contributed by atoms with Gasteiger partial charge in [-0.2, -0.15) is 0 Å². The van der Waals surface area contributed by atoms with Crippen LogP contribution in [0.1, 0.15) is 44.7 Å². The van der Waals surface area contributed by atoms with Crippen LogP contribution in [0.4, 0.5) is 5.69 Å². The van der Waals surface area contributed by atoms with Crippen molar-refractivity contribution in [2.45, 2.75) is 25.8 Å². The summed E-state index contributed by atoms with van der Waals surface area (Å²) in [5.74, 6) is 0.300. The van der Waals surface area contributed by atoms with Gasteiger partial charge < -0.3 is 20.7 Å². The largest absolute Gasteiger partial charge is 0.381 e. The zero-order valence-electron chi connectivity index (χ0n) is 18.3. The smallest absolute Gasteiger partial charge is 0.251 e. The summed E-state index contributed by atoms with van der Waals surface area (Å²) in [5.41, 5.74) is 3.33. The lowest BCUT2D eigenvalue weighted by Gasteiger charge is -2.42. The maximum Gasteiger partial charge on any atom is 0.251 e. The Balaban J connectivity index is 1.76. The number of fused-ring (bicyclic) bond motifs is 1. The lowest BCUT2D eigenvalue weighted by Crippen LogP contribution is -2.46. The fourth-order valence-electron chi connectivity index (χ4n) is 4.45. The van der Waals surface area contributed by atoms with E-state index in [-0.39, 0.29) is 17.2 Å². The molecule has 8 heteroatoms. The van der Waals surface area contributed by atoms with Crippen molar-refractivity contribution in [3.05, 3.63) is 63.7 Å². The second kappa shape index (κ2) is 9.30. The Bertz CT molecular complexity index is 1080. The third-order valence-corrected chi connectivity index (χ3v) is 6.46. The Morgan fingerprint density at radius 2 is 1.78 bits per heavy atom. The molecule has 0 aromatic heterocycles. The van der Waals surface area contributed by atoms with Crippen LogP contribution in [0.2, 0.25) is 5.02 Å². The Kier molecular flexibility index (Phi) is 6.48. The zero-order chi connectivity index (χ0) is 22.7. The van der Waals surface area contributed by atoms with E-state index in [9.17, 15) is 9.59 Å². The van der Waals surface area contributed by atoms with Crippen LogP contribution in [0.15, 0.2) is 41.4 Å². The van der Waals surface area contributed by atoms with Gasteiger partial charge in [-0.1, -0.05) is 23.7 Å². The minimum absolute atomic E-state index is 0.196. The van der Waals surface area contributed by atoms with E-state index in [1.54, 1.807) is 20.2 Å². The summed E-state index contributed by atoms with van der Waals surface area (Å²) in [6, 6.07) is 11.3. The van der Waals surface area contributed by atoms with Crippen molar-refractivity contribution >= 4 is 34.9 Å². The van der Waals surface area contributed by atoms with Crippen molar-refractivity contribution in [2.24, 2.45) is 10.4 Å². The summed E-state index contributed by atoms with van der Waals surface area (Å²) >= 11 is 6.14. The molecule has 1 spiro atoms. The average Bonchev–Trinajstić information content (AvgIpc) is 2.81. The molecule has 168 valence electrons. The highest BCUT2D eigenvalue weighted by molar-refractivity contribution is 6.30. The van der Waals surface area contributed by atoms with Gasteiger partial charge in [0.05, 0.1) is 17.7 Å². The lowest BCUT2D eigenvalue weighted by molar-refractivity contribution is 0.0448. The molecule has 0 atom stereocenters. The molecule has 2 amide bonds. The van der Waals surface area contributed by atoms with Gasteiger partial charge >= 0.3 is 0 Å². The molecule has 2 aliphatic rings. The summed E-state index contributed by atoms with van der Waals surface area (Å²) in [7, 11) is 3.12. The van der Waals surface area contributed by atoms with Gasteiger partial charge in [-0.05, 0) is 54.7 Å². The second-order valence-electron chi connectivity index (χ2n) is 8.20. The van der Waals surface area contributed by atoms with Crippen LogP contribution in [0, 0.1) is 5.41 Å². The summed E-state index contributed by atoms with van der Waals surface area (Å²) < 4.78 is 5.64. The van der Waals surface area contributed by atoms with Crippen molar-refractivity contribution in [1.29, 1.82) is 0 Å². The maximum absolute atomic E-state index is 12.5. The molecular weight excluding hydrogens is 428 g/mol. The number of carbonyl (C=O) groups is 2. The Morgan fingerprint density at radius 1 is 1.09 bits per heavy atom. The first-order valence-corrected chi connectivity index (χ1v) is 11.1. The van der Waals surface area contributed by atoms with Gasteiger partial charge in [-0.25, -0.2) is 0 Å². The molecule has 2 aromatic rings. The highest BCUT2D eigenvalue weighted by Crippen LogP contribution is 2.42. The van der Waals surface area contributed by atoms with E-state index in [2.05, 4.69) is 16.0 Å². The Labute approximate surface area is 192 Å². The molecule has 32 heavy (non-hydrogen) atoms. The number of nitrogens with zero attached hydrogens (tertiary/aromatic N) is 1. The molecule has 1 saturated heterocycles. The van der Waals surface area contributed by atoms with Gasteiger partial charge in [-0.15, -0.1) is 0 Å². The predicted octanol–water partition coefficient (Wildman–Crippen LogP) is 3.42. The summed E-state index contributed by atoms with van der Waals surface area (Å²) in [6.45, 7) is 1.82. The SMILES string of the molecule is CNC(=O)c1cc2c(cc1C(=O)NC)NC(=NCc1cccc(Cl)c1)C1(CCOCC1)C2. The van der Waals surface area contributed by atoms with Gasteiger partial charge in [0.1, 0.15) is 5.84 Å². The minimum atomic E-state index is -0.308. The van der Waals surface area contributed by atoms with Crippen LogP contribution >= 0.6 is 11.6 Å². The van der Waals surface area contributed by atoms with Crippen LogP contribution in [-0.4, -0.2) is 45.0 Å². The number of hydrogen-bond donors (Lipinski definition) is 3. The van der Waals surface area contributed by atoms with Crippen molar-refractivity contribution in [3.63, 3.8) is 0 Å². The van der Waals surface area contributed by atoms with Gasteiger partial charge in [0.2, 0.25) is 0 Å². The van der Waals surface area contributed by atoms with E-state index in [0.29, 0.717) is 35.9 Å². The molecule has 0 unspecified atom stereocenters. The monoisotopic (exact) mass is 454 g/mol. The van der Waals surface area contributed by atoms with Crippen molar-refractivity contribution in [1.82, 2.24) is 10.6 Å². The number of halogens is 1. The molecule has 7 nitrogen and oxygen atoms in total. The molecule has 0 radical (unpaired) electrons. The fraction of sp³-hybridized carbons (Fsp3) is 0.375. The van der Waals surface area contributed by atoms with Gasteiger partial charge in [0.25, 0.3) is 11.8 Å². The number of carbonyl (C=O) groups excluding carboxylic acids is 2. The standard InChI is InChI=1S/C24H27ClN4O3/c1-26-21(30)18-11-16-13-24(6-8-32-9-7-24)23(28-14-15-4-3-5-17(25)10-15)29-20(16)12-19(18)22(31)27-2/h3-5,10-12H,6-9,13-14H2,1-2H3,(H,26,30)(H,27,31)(H,28,29). The zero-order valence-corrected chi connectivity index (χ0v) is 19.0. The molecule has 0 aliphatic carbocycles. The molecule has 2 heterocycles. The fourth-order valence-corrected chi connectivity index (χ4v) is 4.66. The van der Waals surface area contributed by atoms with Crippen LogP contribution < -0.4 is 16.0 Å². The number of rotatable bonds is 4. The number of amides is 2. The normalized spacial score (nSPS) is 18.0.